The van der Waals surface area contributed by atoms with E-state index in [0.717, 1.165) is 5.56 Å². The highest BCUT2D eigenvalue weighted by Crippen LogP contribution is 2.33. The van der Waals surface area contributed by atoms with Gasteiger partial charge in [0.25, 0.3) is 0 Å². The van der Waals surface area contributed by atoms with Gasteiger partial charge in [0, 0.05) is 5.41 Å². The minimum Gasteiger partial charge on any atom is -0.359 e. The van der Waals surface area contributed by atoms with E-state index in [4.69, 9.17) is 0 Å². The Hall–Kier alpha value is -1.38. The van der Waals surface area contributed by atoms with Crippen molar-refractivity contribution in [1.82, 2.24) is 0 Å². The first-order valence-electron chi connectivity index (χ1n) is 5.80. The summed E-state index contributed by atoms with van der Waals surface area (Å²) in [6.07, 6.45) is 5.77. The molecule has 0 unspecified atom stereocenters. The molecule has 2 N–H and O–H groups in total. The zero-order chi connectivity index (χ0) is 12.5. The third-order valence-electron chi connectivity index (χ3n) is 3.00. The Kier molecular flexibility index (Phi) is 2.94. The predicted octanol–water partition coefficient (Wildman–Crippen LogP) is 2.43. The summed E-state index contributed by atoms with van der Waals surface area (Å²) in [5, 5.41) is 19.9. The fourth-order valence-corrected chi connectivity index (χ4v) is 2.04. The molecule has 0 spiro atoms. The van der Waals surface area contributed by atoms with Crippen molar-refractivity contribution in [2.45, 2.75) is 26.1 Å². The summed E-state index contributed by atoms with van der Waals surface area (Å²) in [6.45, 7) is 4.09. The van der Waals surface area contributed by atoms with Gasteiger partial charge in [-0.2, -0.15) is 0 Å². The van der Waals surface area contributed by atoms with Crippen molar-refractivity contribution >= 4 is 0 Å². The lowest BCUT2D eigenvalue weighted by atomic mass is 9.81. The Morgan fingerprint density at radius 2 is 1.65 bits per heavy atom. The third kappa shape index (κ3) is 2.84. The average Bonchev–Trinajstić information content (AvgIpc) is 2.26. The van der Waals surface area contributed by atoms with Crippen molar-refractivity contribution in [3.05, 3.63) is 59.7 Å². The zero-order valence-electron chi connectivity index (χ0n) is 10.2. The van der Waals surface area contributed by atoms with E-state index in [0.29, 0.717) is 12.0 Å². The standard InChI is InChI=1S/C15H18O2/c1-14(2)8-9-15(16,17)13(11-14)10-12-6-4-3-5-7-12/h3-9,11,16-17H,10H2,1-2H3. The molecule has 2 heteroatoms. The van der Waals surface area contributed by atoms with E-state index in [9.17, 15) is 10.2 Å². The normalized spacial score (nSPS) is 21.1. The summed E-state index contributed by atoms with van der Waals surface area (Å²) in [6, 6.07) is 9.84. The fraction of sp³-hybridized carbons (Fsp3) is 0.333. The first kappa shape index (κ1) is 12.1. The smallest absolute Gasteiger partial charge is 0.206 e. The molecule has 0 atom stereocenters. The Labute approximate surface area is 102 Å². The van der Waals surface area contributed by atoms with E-state index < -0.39 is 5.79 Å². The fourth-order valence-electron chi connectivity index (χ4n) is 2.04. The molecule has 90 valence electrons. The van der Waals surface area contributed by atoms with Gasteiger partial charge in [-0.1, -0.05) is 56.3 Å². The van der Waals surface area contributed by atoms with Crippen LogP contribution in [0.2, 0.25) is 0 Å². The molecule has 0 aromatic heterocycles. The van der Waals surface area contributed by atoms with Crippen LogP contribution in [-0.4, -0.2) is 16.0 Å². The Balaban J connectivity index is 2.28. The van der Waals surface area contributed by atoms with Crippen molar-refractivity contribution in [3.8, 4) is 0 Å². The minimum atomic E-state index is -1.81. The van der Waals surface area contributed by atoms with Gasteiger partial charge in [0.05, 0.1) is 0 Å². The van der Waals surface area contributed by atoms with E-state index >= 15 is 0 Å². The maximum Gasteiger partial charge on any atom is 0.206 e. The van der Waals surface area contributed by atoms with Crippen LogP contribution in [0.5, 0.6) is 0 Å². The van der Waals surface area contributed by atoms with Gasteiger partial charge in [-0.15, -0.1) is 0 Å². The molecule has 0 amide bonds. The van der Waals surface area contributed by atoms with Crippen LogP contribution in [0.4, 0.5) is 0 Å². The van der Waals surface area contributed by atoms with Crippen molar-refractivity contribution in [2.75, 3.05) is 0 Å². The highest BCUT2D eigenvalue weighted by atomic mass is 16.5. The summed E-state index contributed by atoms with van der Waals surface area (Å²) in [7, 11) is 0. The largest absolute Gasteiger partial charge is 0.359 e. The van der Waals surface area contributed by atoms with Gasteiger partial charge in [-0.25, -0.2) is 0 Å². The molecule has 0 fully saturated rings. The highest BCUT2D eigenvalue weighted by Gasteiger charge is 2.31. The molecule has 1 aliphatic carbocycles. The number of benzene rings is 1. The molecule has 0 saturated heterocycles. The van der Waals surface area contributed by atoms with Crippen molar-refractivity contribution in [3.63, 3.8) is 0 Å². The molecule has 17 heavy (non-hydrogen) atoms. The molecular formula is C15H18O2. The first-order valence-corrected chi connectivity index (χ1v) is 5.80. The van der Waals surface area contributed by atoms with Crippen LogP contribution in [0.25, 0.3) is 0 Å². The van der Waals surface area contributed by atoms with E-state index in [1.807, 2.05) is 56.3 Å². The molecule has 1 aromatic rings. The summed E-state index contributed by atoms with van der Waals surface area (Å²) in [4.78, 5) is 0. The second-order valence-corrected chi connectivity index (χ2v) is 5.21. The van der Waals surface area contributed by atoms with Crippen LogP contribution in [0.1, 0.15) is 19.4 Å². The molecule has 1 aliphatic rings. The molecule has 1 aromatic carbocycles. The quantitative estimate of drug-likeness (QED) is 0.605. The zero-order valence-corrected chi connectivity index (χ0v) is 10.2. The molecule has 0 aliphatic heterocycles. The topological polar surface area (TPSA) is 40.5 Å². The maximum atomic E-state index is 9.93. The van der Waals surface area contributed by atoms with Gasteiger partial charge in [0.1, 0.15) is 0 Å². The van der Waals surface area contributed by atoms with Crippen LogP contribution in [0.15, 0.2) is 54.1 Å². The lowest BCUT2D eigenvalue weighted by Gasteiger charge is -2.31. The predicted molar refractivity (Wildman–Crippen MR) is 68.3 cm³/mol. The third-order valence-corrected chi connectivity index (χ3v) is 3.00. The Morgan fingerprint density at radius 3 is 2.29 bits per heavy atom. The molecule has 0 saturated carbocycles. The van der Waals surface area contributed by atoms with Crippen molar-refractivity contribution < 1.29 is 10.2 Å². The summed E-state index contributed by atoms with van der Waals surface area (Å²) < 4.78 is 0. The molecule has 0 bridgehead atoms. The summed E-state index contributed by atoms with van der Waals surface area (Å²) in [5.41, 5.74) is 1.59. The van der Waals surface area contributed by atoms with E-state index in [1.54, 1.807) is 0 Å². The van der Waals surface area contributed by atoms with Gasteiger partial charge < -0.3 is 10.2 Å². The van der Waals surface area contributed by atoms with Crippen molar-refractivity contribution in [1.29, 1.82) is 0 Å². The number of rotatable bonds is 2. The molecular weight excluding hydrogens is 212 g/mol. The highest BCUT2D eigenvalue weighted by molar-refractivity contribution is 5.34. The number of hydrogen-bond acceptors (Lipinski definition) is 2. The van der Waals surface area contributed by atoms with Crippen LogP contribution in [0.3, 0.4) is 0 Å². The minimum absolute atomic E-state index is 0.126. The van der Waals surface area contributed by atoms with Crippen LogP contribution >= 0.6 is 0 Å². The van der Waals surface area contributed by atoms with E-state index in [-0.39, 0.29) is 5.41 Å². The lowest BCUT2D eigenvalue weighted by molar-refractivity contribution is -0.0887. The Bertz CT molecular complexity index is 453. The second kappa shape index (κ2) is 4.13. The van der Waals surface area contributed by atoms with Gasteiger partial charge >= 0.3 is 0 Å². The van der Waals surface area contributed by atoms with Crippen LogP contribution < -0.4 is 0 Å². The number of hydrogen-bond donors (Lipinski definition) is 2. The first-order chi connectivity index (χ1) is 7.89. The molecule has 2 rings (SSSR count). The molecule has 0 heterocycles. The maximum absolute atomic E-state index is 9.93. The van der Waals surface area contributed by atoms with Gasteiger partial charge in [0.2, 0.25) is 5.79 Å². The van der Waals surface area contributed by atoms with Gasteiger partial charge in [-0.05, 0) is 23.6 Å². The Morgan fingerprint density at radius 1 is 1.00 bits per heavy atom. The summed E-state index contributed by atoms with van der Waals surface area (Å²) >= 11 is 0. The monoisotopic (exact) mass is 230 g/mol. The van der Waals surface area contributed by atoms with Gasteiger partial charge in [-0.3, -0.25) is 0 Å². The lowest BCUT2D eigenvalue weighted by Crippen LogP contribution is -2.33. The summed E-state index contributed by atoms with van der Waals surface area (Å²) in [5.74, 6) is -1.81. The van der Waals surface area contributed by atoms with E-state index in [2.05, 4.69) is 0 Å². The van der Waals surface area contributed by atoms with E-state index in [1.165, 1.54) is 6.08 Å². The SMILES string of the molecule is CC1(C)C=CC(O)(O)C(Cc2ccccc2)=C1. The molecule has 0 radical (unpaired) electrons. The van der Waals surface area contributed by atoms with Crippen LogP contribution in [0, 0.1) is 5.41 Å². The average molecular weight is 230 g/mol. The second-order valence-electron chi connectivity index (χ2n) is 5.21. The molecule has 2 nitrogen and oxygen atoms in total. The van der Waals surface area contributed by atoms with Crippen LogP contribution in [-0.2, 0) is 6.42 Å². The number of aliphatic hydroxyl groups is 2. The van der Waals surface area contributed by atoms with Crippen molar-refractivity contribution in [2.24, 2.45) is 5.41 Å². The number of allylic oxidation sites excluding steroid dienone is 2. The van der Waals surface area contributed by atoms with Gasteiger partial charge in [0.15, 0.2) is 0 Å².